The zero-order chi connectivity index (χ0) is 15.1. The molecule has 0 fully saturated rings. The third-order valence-electron chi connectivity index (χ3n) is 3.88. The molecule has 0 unspecified atom stereocenters. The lowest BCUT2D eigenvalue weighted by atomic mass is 10.1. The number of hydrogen-bond acceptors (Lipinski definition) is 2. The minimum atomic E-state index is 0.842. The van der Waals surface area contributed by atoms with Gasteiger partial charge in [-0.2, -0.15) is 0 Å². The van der Waals surface area contributed by atoms with E-state index >= 15 is 0 Å². The van der Waals surface area contributed by atoms with Crippen molar-refractivity contribution in [2.75, 3.05) is 0 Å². The van der Waals surface area contributed by atoms with Crippen LogP contribution in [0.5, 0.6) is 0 Å². The average molecular weight is 282 g/mol. The van der Waals surface area contributed by atoms with Crippen LogP contribution in [0.15, 0.2) is 30.5 Å². The predicted molar refractivity (Wildman–Crippen MR) is 89.4 cm³/mol. The second-order valence-electron chi connectivity index (χ2n) is 5.71. The molecule has 0 aliphatic heterocycles. The summed E-state index contributed by atoms with van der Waals surface area (Å²) in [6.07, 6.45) is 9.18. The molecule has 2 heteroatoms. The molecule has 0 amide bonds. The summed E-state index contributed by atoms with van der Waals surface area (Å²) in [6.45, 7) is 6.53. The lowest BCUT2D eigenvalue weighted by Gasteiger charge is -2.07. The van der Waals surface area contributed by atoms with Crippen molar-refractivity contribution in [1.29, 1.82) is 0 Å². The number of benzene rings is 1. The number of hydrogen-bond donors (Lipinski definition) is 0. The molecular weight excluding hydrogens is 256 g/mol. The molecule has 2 aromatic rings. The van der Waals surface area contributed by atoms with Crippen LogP contribution in [0.3, 0.4) is 0 Å². The summed E-state index contributed by atoms with van der Waals surface area (Å²) < 4.78 is 0. The fraction of sp³-hybridized carbons (Fsp3) is 0.474. The quantitative estimate of drug-likeness (QED) is 0.657. The first-order valence-corrected chi connectivity index (χ1v) is 8.16. The molecule has 2 nitrogen and oxygen atoms in total. The first kappa shape index (κ1) is 15.7. The molecule has 0 aliphatic carbocycles. The van der Waals surface area contributed by atoms with Crippen molar-refractivity contribution >= 4 is 0 Å². The van der Waals surface area contributed by atoms with Crippen LogP contribution in [-0.2, 0) is 12.8 Å². The smallest absolute Gasteiger partial charge is 0.159 e. The van der Waals surface area contributed by atoms with E-state index in [9.17, 15) is 0 Å². The molecule has 0 bridgehead atoms. The number of unbranched alkanes of at least 4 members (excludes halogenated alkanes) is 2. The summed E-state index contributed by atoms with van der Waals surface area (Å²) in [6, 6.07) is 8.65. The normalized spacial score (nSPS) is 10.8. The second kappa shape index (κ2) is 7.92. The van der Waals surface area contributed by atoms with Crippen molar-refractivity contribution < 1.29 is 0 Å². The van der Waals surface area contributed by atoms with Gasteiger partial charge >= 0.3 is 0 Å². The van der Waals surface area contributed by atoms with E-state index in [4.69, 9.17) is 0 Å². The maximum absolute atomic E-state index is 4.69. The van der Waals surface area contributed by atoms with Gasteiger partial charge in [-0.05, 0) is 37.3 Å². The maximum Gasteiger partial charge on any atom is 0.159 e. The van der Waals surface area contributed by atoms with Crippen LogP contribution >= 0.6 is 0 Å². The Balaban J connectivity index is 2.11. The van der Waals surface area contributed by atoms with Crippen LogP contribution < -0.4 is 0 Å². The van der Waals surface area contributed by atoms with Gasteiger partial charge in [-0.1, -0.05) is 57.4 Å². The minimum Gasteiger partial charge on any atom is -0.236 e. The van der Waals surface area contributed by atoms with Crippen molar-refractivity contribution in [2.45, 2.75) is 59.3 Å². The molecule has 0 radical (unpaired) electrons. The second-order valence-corrected chi connectivity index (χ2v) is 5.71. The predicted octanol–water partition coefficient (Wildman–Crippen LogP) is 5.14. The molecule has 0 aliphatic rings. The molecule has 1 aromatic heterocycles. The van der Waals surface area contributed by atoms with Gasteiger partial charge in [-0.15, -0.1) is 0 Å². The van der Waals surface area contributed by atoms with Gasteiger partial charge in [0.05, 0.1) is 0 Å². The third-order valence-corrected chi connectivity index (χ3v) is 3.88. The van der Waals surface area contributed by atoms with E-state index in [0.29, 0.717) is 0 Å². The molecular formula is C19H26N2. The van der Waals surface area contributed by atoms with E-state index in [1.54, 1.807) is 0 Å². The van der Waals surface area contributed by atoms with Crippen LogP contribution in [-0.4, -0.2) is 9.97 Å². The van der Waals surface area contributed by atoms with E-state index in [1.807, 2.05) is 6.20 Å². The first-order valence-electron chi connectivity index (χ1n) is 8.16. The number of nitrogens with zero attached hydrogens (tertiary/aromatic N) is 2. The zero-order valence-electron chi connectivity index (χ0n) is 13.5. The standard InChI is InChI=1S/C19H26N2/c1-4-6-7-9-18-14-20-19(21-15(18)3)17-12-10-16(8-5-2)11-13-17/h10-14H,4-9H2,1-3H3. The highest BCUT2D eigenvalue weighted by atomic mass is 14.9. The van der Waals surface area contributed by atoms with Gasteiger partial charge in [0.15, 0.2) is 5.82 Å². The molecule has 0 atom stereocenters. The minimum absolute atomic E-state index is 0.842. The summed E-state index contributed by atoms with van der Waals surface area (Å²) in [5.41, 5.74) is 4.90. The van der Waals surface area contributed by atoms with Gasteiger partial charge in [-0.3, -0.25) is 0 Å². The lowest BCUT2D eigenvalue weighted by molar-refractivity contribution is 0.711. The Morgan fingerprint density at radius 1 is 0.905 bits per heavy atom. The maximum atomic E-state index is 4.69. The van der Waals surface area contributed by atoms with E-state index in [0.717, 1.165) is 29.9 Å². The van der Waals surface area contributed by atoms with Crippen molar-refractivity contribution in [3.8, 4) is 11.4 Å². The SMILES string of the molecule is CCCCCc1cnc(-c2ccc(CCC)cc2)nc1C. The van der Waals surface area contributed by atoms with Gasteiger partial charge in [0.1, 0.15) is 0 Å². The summed E-state index contributed by atoms with van der Waals surface area (Å²) in [7, 11) is 0. The summed E-state index contributed by atoms with van der Waals surface area (Å²) in [5.74, 6) is 0.842. The lowest BCUT2D eigenvalue weighted by Crippen LogP contribution is -1.98. The van der Waals surface area contributed by atoms with Crippen LogP contribution in [0.1, 0.15) is 56.4 Å². The Labute approximate surface area is 128 Å². The van der Waals surface area contributed by atoms with Gasteiger partial charge in [0.2, 0.25) is 0 Å². The van der Waals surface area contributed by atoms with E-state index < -0.39 is 0 Å². The monoisotopic (exact) mass is 282 g/mol. The fourth-order valence-corrected chi connectivity index (χ4v) is 2.55. The molecule has 112 valence electrons. The summed E-state index contributed by atoms with van der Waals surface area (Å²) in [5, 5.41) is 0. The molecule has 1 heterocycles. The summed E-state index contributed by atoms with van der Waals surface area (Å²) >= 11 is 0. The topological polar surface area (TPSA) is 25.8 Å². The largest absolute Gasteiger partial charge is 0.236 e. The Kier molecular flexibility index (Phi) is 5.91. The fourth-order valence-electron chi connectivity index (χ4n) is 2.55. The highest BCUT2D eigenvalue weighted by Crippen LogP contribution is 2.18. The molecule has 0 spiro atoms. The van der Waals surface area contributed by atoms with E-state index in [-0.39, 0.29) is 0 Å². The van der Waals surface area contributed by atoms with Gasteiger partial charge in [0, 0.05) is 17.5 Å². The third kappa shape index (κ3) is 4.38. The molecule has 21 heavy (non-hydrogen) atoms. The van der Waals surface area contributed by atoms with Crippen LogP contribution in [0.2, 0.25) is 0 Å². The van der Waals surface area contributed by atoms with Crippen molar-refractivity contribution in [1.82, 2.24) is 9.97 Å². The van der Waals surface area contributed by atoms with Crippen molar-refractivity contribution in [2.24, 2.45) is 0 Å². The highest BCUT2D eigenvalue weighted by Gasteiger charge is 2.05. The average Bonchev–Trinajstić information content (AvgIpc) is 2.50. The highest BCUT2D eigenvalue weighted by molar-refractivity contribution is 5.55. The Morgan fingerprint density at radius 2 is 1.67 bits per heavy atom. The van der Waals surface area contributed by atoms with Crippen molar-refractivity contribution in [3.63, 3.8) is 0 Å². The van der Waals surface area contributed by atoms with Crippen LogP contribution in [0.4, 0.5) is 0 Å². The van der Waals surface area contributed by atoms with E-state index in [1.165, 1.54) is 36.8 Å². The van der Waals surface area contributed by atoms with Gasteiger partial charge < -0.3 is 0 Å². The van der Waals surface area contributed by atoms with Gasteiger partial charge in [-0.25, -0.2) is 9.97 Å². The Hall–Kier alpha value is -1.70. The summed E-state index contributed by atoms with van der Waals surface area (Å²) in [4.78, 5) is 9.24. The molecule has 1 aromatic carbocycles. The Bertz CT molecular complexity index is 558. The van der Waals surface area contributed by atoms with Crippen LogP contribution in [0.25, 0.3) is 11.4 Å². The molecule has 0 saturated heterocycles. The molecule has 0 N–H and O–H groups in total. The zero-order valence-corrected chi connectivity index (χ0v) is 13.5. The number of aromatic nitrogens is 2. The van der Waals surface area contributed by atoms with Crippen molar-refractivity contribution in [3.05, 3.63) is 47.3 Å². The molecule has 2 rings (SSSR count). The molecule has 0 saturated carbocycles. The first-order chi connectivity index (χ1) is 10.2. The number of rotatable bonds is 7. The Morgan fingerprint density at radius 3 is 2.29 bits per heavy atom. The number of aryl methyl sites for hydroxylation is 3. The van der Waals surface area contributed by atoms with E-state index in [2.05, 4.69) is 55.0 Å². The van der Waals surface area contributed by atoms with Gasteiger partial charge in [0.25, 0.3) is 0 Å². The van der Waals surface area contributed by atoms with Crippen LogP contribution in [0, 0.1) is 6.92 Å².